The Labute approximate surface area is 92.8 Å². The summed E-state index contributed by atoms with van der Waals surface area (Å²) in [5.74, 6) is -0.801. The van der Waals surface area contributed by atoms with Gasteiger partial charge >= 0.3 is 5.97 Å². The SMILES string of the molecule is CCC/C=C(\C(=O)O)N(CCC)CCC. The summed E-state index contributed by atoms with van der Waals surface area (Å²) in [4.78, 5) is 13.1. The van der Waals surface area contributed by atoms with E-state index in [1.54, 1.807) is 0 Å². The fourth-order valence-corrected chi connectivity index (χ4v) is 1.53. The minimum absolute atomic E-state index is 0.473. The van der Waals surface area contributed by atoms with Gasteiger partial charge in [-0.2, -0.15) is 0 Å². The molecule has 1 N–H and O–H groups in total. The van der Waals surface area contributed by atoms with Crippen LogP contribution < -0.4 is 0 Å². The molecule has 0 radical (unpaired) electrons. The first-order chi connectivity index (χ1) is 7.17. The second-order valence-electron chi connectivity index (χ2n) is 3.67. The van der Waals surface area contributed by atoms with Gasteiger partial charge in [0.05, 0.1) is 0 Å². The molecule has 0 saturated heterocycles. The summed E-state index contributed by atoms with van der Waals surface area (Å²) in [5, 5.41) is 9.11. The fourth-order valence-electron chi connectivity index (χ4n) is 1.53. The Kier molecular flexibility index (Phi) is 7.78. The van der Waals surface area contributed by atoms with Crippen LogP contribution in [0.4, 0.5) is 0 Å². The number of hydrogen-bond donors (Lipinski definition) is 1. The molecule has 88 valence electrons. The highest BCUT2D eigenvalue weighted by Crippen LogP contribution is 2.09. The summed E-state index contributed by atoms with van der Waals surface area (Å²) in [6.45, 7) is 7.86. The average Bonchev–Trinajstić information content (AvgIpc) is 2.18. The third-order valence-corrected chi connectivity index (χ3v) is 2.17. The summed E-state index contributed by atoms with van der Waals surface area (Å²) < 4.78 is 0. The number of hydrogen-bond acceptors (Lipinski definition) is 2. The van der Waals surface area contributed by atoms with Gasteiger partial charge in [0.2, 0.25) is 0 Å². The Bertz CT molecular complexity index is 206. The van der Waals surface area contributed by atoms with Gasteiger partial charge in [0, 0.05) is 13.1 Å². The molecule has 0 aliphatic carbocycles. The summed E-state index contributed by atoms with van der Waals surface area (Å²) in [5.41, 5.74) is 0.473. The van der Waals surface area contributed by atoms with Crippen LogP contribution in [0.15, 0.2) is 11.8 Å². The first kappa shape index (κ1) is 14.0. The maximum absolute atomic E-state index is 11.1. The largest absolute Gasteiger partial charge is 0.477 e. The number of carboxylic acids is 1. The monoisotopic (exact) mass is 213 g/mol. The molecule has 0 atom stereocenters. The maximum atomic E-state index is 11.1. The van der Waals surface area contributed by atoms with Gasteiger partial charge < -0.3 is 10.0 Å². The van der Waals surface area contributed by atoms with Crippen molar-refractivity contribution in [1.82, 2.24) is 4.90 Å². The van der Waals surface area contributed by atoms with E-state index in [1.165, 1.54) is 0 Å². The van der Waals surface area contributed by atoms with Crippen molar-refractivity contribution in [2.75, 3.05) is 13.1 Å². The Morgan fingerprint density at radius 3 is 2.00 bits per heavy atom. The van der Waals surface area contributed by atoms with Crippen molar-refractivity contribution in [2.24, 2.45) is 0 Å². The molecule has 3 heteroatoms. The molecular weight excluding hydrogens is 190 g/mol. The molecule has 0 heterocycles. The Morgan fingerprint density at radius 2 is 1.67 bits per heavy atom. The normalized spacial score (nSPS) is 11.5. The summed E-state index contributed by atoms with van der Waals surface area (Å²) in [7, 11) is 0. The van der Waals surface area contributed by atoms with E-state index in [2.05, 4.69) is 20.8 Å². The summed E-state index contributed by atoms with van der Waals surface area (Å²) in [6.07, 6.45) is 5.63. The average molecular weight is 213 g/mol. The highest BCUT2D eigenvalue weighted by molar-refractivity contribution is 5.85. The van der Waals surface area contributed by atoms with Gasteiger partial charge in [0.15, 0.2) is 0 Å². The van der Waals surface area contributed by atoms with Gasteiger partial charge in [-0.05, 0) is 19.3 Å². The molecule has 0 aromatic rings. The molecule has 0 aliphatic heterocycles. The van der Waals surface area contributed by atoms with E-state index in [-0.39, 0.29) is 0 Å². The fraction of sp³-hybridized carbons (Fsp3) is 0.750. The van der Waals surface area contributed by atoms with Gasteiger partial charge in [-0.3, -0.25) is 0 Å². The van der Waals surface area contributed by atoms with E-state index in [4.69, 9.17) is 5.11 Å². The van der Waals surface area contributed by atoms with Gasteiger partial charge in [0.1, 0.15) is 5.70 Å². The van der Waals surface area contributed by atoms with Crippen LogP contribution in [-0.2, 0) is 4.79 Å². The van der Waals surface area contributed by atoms with E-state index >= 15 is 0 Å². The Morgan fingerprint density at radius 1 is 1.13 bits per heavy atom. The van der Waals surface area contributed by atoms with Crippen molar-refractivity contribution in [3.05, 3.63) is 11.8 Å². The number of carboxylic acid groups (broad SMARTS) is 1. The molecule has 3 nitrogen and oxygen atoms in total. The summed E-state index contributed by atoms with van der Waals surface area (Å²) in [6, 6.07) is 0. The number of rotatable bonds is 8. The lowest BCUT2D eigenvalue weighted by Crippen LogP contribution is -2.29. The van der Waals surface area contributed by atoms with Crippen LogP contribution >= 0.6 is 0 Å². The second-order valence-corrected chi connectivity index (χ2v) is 3.67. The first-order valence-electron chi connectivity index (χ1n) is 5.85. The lowest BCUT2D eigenvalue weighted by molar-refractivity contribution is -0.134. The Hall–Kier alpha value is -0.990. The van der Waals surface area contributed by atoms with E-state index in [1.807, 2.05) is 11.0 Å². The molecule has 0 fully saturated rings. The lowest BCUT2D eigenvalue weighted by atomic mass is 10.2. The molecule has 0 aliphatic rings. The van der Waals surface area contributed by atoms with Crippen molar-refractivity contribution in [1.29, 1.82) is 0 Å². The zero-order valence-electron chi connectivity index (χ0n) is 10.1. The molecule has 0 bridgehead atoms. The van der Waals surface area contributed by atoms with Crippen LogP contribution in [0.3, 0.4) is 0 Å². The van der Waals surface area contributed by atoms with Crippen molar-refractivity contribution < 1.29 is 9.90 Å². The van der Waals surface area contributed by atoms with Crippen LogP contribution in [0.5, 0.6) is 0 Å². The maximum Gasteiger partial charge on any atom is 0.351 e. The van der Waals surface area contributed by atoms with Gasteiger partial charge in [-0.1, -0.05) is 33.3 Å². The topological polar surface area (TPSA) is 40.5 Å². The molecule has 0 aromatic carbocycles. The number of unbranched alkanes of at least 4 members (excludes halogenated alkanes) is 1. The molecular formula is C12H23NO2. The number of allylic oxidation sites excluding steroid dienone is 1. The van der Waals surface area contributed by atoms with Crippen LogP contribution in [0, 0.1) is 0 Å². The molecule has 0 spiro atoms. The van der Waals surface area contributed by atoms with E-state index in [9.17, 15) is 4.79 Å². The van der Waals surface area contributed by atoms with Crippen molar-refractivity contribution >= 4 is 5.97 Å². The van der Waals surface area contributed by atoms with Crippen molar-refractivity contribution in [3.63, 3.8) is 0 Å². The van der Waals surface area contributed by atoms with Crippen molar-refractivity contribution in [3.8, 4) is 0 Å². The molecule has 0 amide bonds. The quantitative estimate of drug-likeness (QED) is 0.630. The highest BCUT2D eigenvalue weighted by Gasteiger charge is 2.14. The minimum atomic E-state index is -0.801. The van der Waals surface area contributed by atoms with E-state index in [0.29, 0.717) is 5.70 Å². The predicted molar refractivity (Wildman–Crippen MR) is 62.8 cm³/mol. The van der Waals surface area contributed by atoms with Crippen LogP contribution in [0.25, 0.3) is 0 Å². The molecule has 0 unspecified atom stereocenters. The Balaban J connectivity index is 4.58. The lowest BCUT2D eigenvalue weighted by Gasteiger charge is -2.24. The molecule has 0 aromatic heterocycles. The van der Waals surface area contributed by atoms with Gasteiger partial charge in [0.25, 0.3) is 0 Å². The molecule has 0 rings (SSSR count). The first-order valence-corrected chi connectivity index (χ1v) is 5.85. The van der Waals surface area contributed by atoms with Crippen LogP contribution in [0.2, 0.25) is 0 Å². The van der Waals surface area contributed by atoms with E-state index in [0.717, 1.165) is 38.8 Å². The number of nitrogens with zero attached hydrogens (tertiary/aromatic N) is 1. The van der Waals surface area contributed by atoms with Gasteiger partial charge in [-0.15, -0.1) is 0 Å². The zero-order chi connectivity index (χ0) is 11.7. The van der Waals surface area contributed by atoms with E-state index < -0.39 is 5.97 Å². The second kappa shape index (κ2) is 8.33. The summed E-state index contributed by atoms with van der Waals surface area (Å²) >= 11 is 0. The smallest absolute Gasteiger partial charge is 0.351 e. The number of aliphatic carboxylic acids is 1. The predicted octanol–water partition coefficient (Wildman–Crippen LogP) is 2.88. The van der Waals surface area contributed by atoms with Gasteiger partial charge in [-0.25, -0.2) is 4.79 Å². The van der Waals surface area contributed by atoms with Crippen molar-refractivity contribution in [2.45, 2.75) is 46.5 Å². The van der Waals surface area contributed by atoms with Crippen LogP contribution in [0.1, 0.15) is 46.5 Å². The standard InChI is InChI=1S/C12H23NO2/c1-4-7-8-11(12(14)15)13(9-5-2)10-6-3/h8H,4-7,9-10H2,1-3H3,(H,14,15)/b11-8+. The minimum Gasteiger partial charge on any atom is -0.477 e. The highest BCUT2D eigenvalue weighted by atomic mass is 16.4. The third kappa shape index (κ3) is 5.45. The van der Waals surface area contributed by atoms with Crippen LogP contribution in [-0.4, -0.2) is 29.1 Å². The zero-order valence-corrected chi connectivity index (χ0v) is 10.1. The molecule has 15 heavy (non-hydrogen) atoms. The number of carbonyl (C=O) groups is 1. The third-order valence-electron chi connectivity index (χ3n) is 2.17. The molecule has 0 saturated carbocycles.